The highest BCUT2D eigenvalue weighted by Crippen LogP contribution is 2.38. The minimum atomic E-state index is -0.285. The zero-order chi connectivity index (χ0) is 12.4. The van der Waals surface area contributed by atoms with Gasteiger partial charge >= 0.3 is 0 Å². The predicted molar refractivity (Wildman–Crippen MR) is 69.5 cm³/mol. The summed E-state index contributed by atoms with van der Waals surface area (Å²) in [4.78, 5) is 11.3. The first kappa shape index (κ1) is 12.5. The van der Waals surface area contributed by atoms with Gasteiger partial charge in [-0.3, -0.25) is 4.79 Å². The van der Waals surface area contributed by atoms with E-state index in [0.29, 0.717) is 35.4 Å². The summed E-state index contributed by atoms with van der Waals surface area (Å²) in [5.74, 6) is 1.04. The lowest BCUT2D eigenvalue weighted by molar-refractivity contribution is -0.115. The molecule has 1 N–H and O–H groups in total. The first-order valence-corrected chi connectivity index (χ1v) is 6.41. The van der Waals surface area contributed by atoms with E-state index in [9.17, 15) is 4.79 Å². The van der Waals surface area contributed by atoms with Gasteiger partial charge in [0.05, 0.1) is 15.5 Å². The zero-order valence-electron chi connectivity index (χ0n) is 9.13. The van der Waals surface area contributed by atoms with Crippen LogP contribution in [0.25, 0.3) is 0 Å². The van der Waals surface area contributed by atoms with Crippen molar-refractivity contribution in [3.05, 3.63) is 17.2 Å². The van der Waals surface area contributed by atoms with Gasteiger partial charge in [-0.2, -0.15) is 0 Å². The highest BCUT2D eigenvalue weighted by Gasteiger charge is 2.17. The Balaban J connectivity index is 2.26. The summed E-state index contributed by atoms with van der Waals surface area (Å²) >= 11 is 9.23. The number of hydrogen-bond acceptors (Lipinski definition) is 3. The number of halogens is 2. The molecule has 6 heteroatoms. The third-order valence-electron chi connectivity index (χ3n) is 2.25. The van der Waals surface area contributed by atoms with Crippen LogP contribution in [0.5, 0.6) is 11.5 Å². The molecule has 1 atom stereocenters. The van der Waals surface area contributed by atoms with Crippen molar-refractivity contribution in [2.45, 2.75) is 11.8 Å². The van der Waals surface area contributed by atoms with E-state index in [1.807, 2.05) is 0 Å². The molecule has 1 heterocycles. The fourth-order valence-corrected chi connectivity index (χ4v) is 1.71. The SMILES string of the molecule is CC(Br)C(=O)Nc1cc2c(cc1Cl)OCCO2. The highest BCUT2D eigenvalue weighted by atomic mass is 79.9. The Morgan fingerprint density at radius 1 is 1.41 bits per heavy atom. The number of fused-ring (bicyclic) bond motifs is 1. The fourth-order valence-electron chi connectivity index (χ4n) is 1.39. The van der Waals surface area contributed by atoms with Gasteiger partial charge in [0, 0.05) is 12.1 Å². The first-order valence-electron chi connectivity index (χ1n) is 5.12. The maximum Gasteiger partial charge on any atom is 0.237 e. The molecule has 1 unspecified atom stereocenters. The van der Waals surface area contributed by atoms with E-state index in [1.165, 1.54) is 0 Å². The molecule has 92 valence electrons. The molecule has 0 fully saturated rings. The van der Waals surface area contributed by atoms with Crippen molar-refractivity contribution in [3.8, 4) is 11.5 Å². The molecule has 1 aromatic rings. The number of carbonyl (C=O) groups is 1. The Hall–Kier alpha value is -0.940. The molecule has 0 aliphatic carbocycles. The number of anilines is 1. The summed E-state index contributed by atoms with van der Waals surface area (Å²) in [6.07, 6.45) is 0. The second-order valence-corrected chi connectivity index (χ2v) is 5.36. The first-order chi connectivity index (χ1) is 8.08. The normalized spacial score (nSPS) is 15.2. The van der Waals surface area contributed by atoms with Crippen LogP contribution in [0, 0.1) is 0 Å². The Bertz CT molecular complexity index is 451. The van der Waals surface area contributed by atoms with Gasteiger partial charge in [0.25, 0.3) is 0 Å². The van der Waals surface area contributed by atoms with E-state index in [0.717, 1.165) is 0 Å². The number of ether oxygens (including phenoxy) is 2. The maximum atomic E-state index is 11.5. The van der Waals surface area contributed by atoms with Crippen LogP contribution in [-0.4, -0.2) is 23.9 Å². The summed E-state index contributed by atoms with van der Waals surface area (Å²) in [5, 5.41) is 3.13. The van der Waals surface area contributed by atoms with Crippen LogP contribution in [-0.2, 0) is 4.79 Å². The summed E-state index contributed by atoms with van der Waals surface area (Å²) in [6.45, 7) is 2.74. The molecule has 0 saturated carbocycles. The number of benzene rings is 1. The highest BCUT2D eigenvalue weighted by molar-refractivity contribution is 9.10. The molecule has 1 aliphatic heterocycles. The van der Waals surface area contributed by atoms with Crippen LogP contribution in [0.2, 0.25) is 5.02 Å². The number of carbonyl (C=O) groups excluding carboxylic acids is 1. The summed E-state index contributed by atoms with van der Waals surface area (Å²) in [5.41, 5.74) is 0.521. The van der Waals surface area contributed by atoms with Crippen molar-refractivity contribution >= 4 is 39.1 Å². The molecule has 0 saturated heterocycles. The maximum absolute atomic E-state index is 11.5. The van der Waals surface area contributed by atoms with Crippen molar-refractivity contribution in [2.24, 2.45) is 0 Å². The van der Waals surface area contributed by atoms with Crippen LogP contribution < -0.4 is 14.8 Å². The quantitative estimate of drug-likeness (QED) is 0.852. The zero-order valence-corrected chi connectivity index (χ0v) is 11.5. The second-order valence-electron chi connectivity index (χ2n) is 3.58. The van der Waals surface area contributed by atoms with E-state index in [2.05, 4.69) is 21.2 Å². The Kier molecular flexibility index (Phi) is 3.79. The summed E-state index contributed by atoms with van der Waals surface area (Å²) < 4.78 is 10.8. The minimum absolute atomic E-state index is 0.163. The Morgan fingerprint density at radius 2 is 2.00 bits per heavy atom. The largest absolute Gasteiger partial charge is 0.486 e. The van der Waals surface area contributed by atoms with E-state index in [-0.39, 0.29) is 10.7 Å². The molecule has 1 aliphatic rings. The average molecular weight is 321 g/mol. The number of alkyl halides is 1. The molecule has 0 spiro atoms. The van der Waals surface area contributed by atoms with Crippen LogP contribution in [0.3, 0.4) is 0 Å². The van der Waals surface area contributed by atoms with Gasteiger partial charge in [-0.1, -0.05) is 27.5 Å². The molecule has 17 heavy (non-hydrogen) atoms. The lowest BCUT2D eigenvalue weighted by Crippen LogP contribution is -2.21. The molecule has 1 aromatic carbocycles. The van der Waals surface area contributed by atoms with Gasteiger partial charge in [0.15, 0.2) is 11.5 Å². The lowest BCUT2D eigenvalue weighted by Gasteiger charge is -2.20. The number of amides is 1. The molecule has 2 rings (SSSR count). The third-order valence-corrected chi connectivity index (χ3v) is 2.98. The molecule has 0 aromatic heterocycles. The van der Waals surface area contributed by atoms with Gasteiger partial charge in [-0.15, -0.1) is 0 Å². The fraction of sp³-hybridized carbons (Fsp3) is 0.364. The van der Waals surface area contributed by atoms with E-state index >= 15 is 0 Å². The van der Waals surface area contributed by atoms with Crippen LogP contribution in [0.4, 0.5) is 5.69 Å². The topological polar surface area (TPSA) is 47.6 Å². The molecule has 1 amide bonds. The third kappa shape index (κ3) is 2.84. The predicted octanol–water partition coefficient (Wildman–Crippen LogP) is 2.83. The molecule has 0 radical (unpaired) electrons. The molecule has 4 nitrogen and oxygen atoms in total. The van der Waals surface area contributed by atoms with Gasteiger partial charge in [-0.05, 0) is 6.92 Å². The number of rotatable bonds is 2. The minimum Gasteiger partial charge on any atom is -0.486 e. The van der Waals surface area contributed by atoms with Gasteiger partial charge in [0.1, 0.15) is 13.2 Å². The summed E-state index contributed by atoms with van der Waals surface area (Å²) in [7, 11) is 0. The lowest BCUT2D eigenvalue weighted by atomic mass is 10.2. The number of nitrogens with one attached hydrogen (secondary N) is 1. The van der Waals surface area contributed by atoms with Crippen LogP contribution in [0.15, 0.2) is 12.1 Å². The number of hydrogen-bond donors (Lipinski definition) is 1. The van der Waals surface area contributed by atoms with Crippen molar-refractivity contribution in [1.29, 1.82) is 0 Å². The van der Waals surface area contributed by atoms with E-state index in [4.69, 9.17) is 21.1 Å². The summed E-state index contributed by atoms with van der Waals surface area (Å²) in [6, 6.07) is 3.31. The van der Waals surface area contributed by atoms with Gasteiger partial charge < -0.3 is 14.8 Å². The second kappa shape index (κ2) is 5.14. The smallest absolute Gasteiger partial charge is 0.237 e. The van der Waals surface area contributed by atoms with Crippen molar-refractivity contribution in [2.75, 3.05) is 18.5 Å². The van der Waals surface area contributed by atoms with Gasteiger partial charge in [0.2, 0.25) is 5.91 Å². The Morgan fingerprint density at radius 3 is 2.59 bits per heavy atom. The van der Waals surface area contributed by atoms with Gasteiger partial charge in [-0.25, -0.2) is 0 Å². The molecular formula is C11H11BrClNO3. The van der Waals surface area contributed by atoms with Crippen molar-refractivity contribution in [3.63, 3.8) is 0 Å². The van der Waals surface area contributed by atoms with Crippen LogP contribution in [0.1, 0.15) is 6.92 Å². The monoisotopic (exact) mass is 319 g/mol. The van der Waals surface area contributed by atoms with E-state index < -0.39 is 0 Å². The van der Waals surface area contributed by atoms with Crippen molar-refractivity contribution in [1.82, 2.24) is 0 Å². The van der Waals surface area contributed by atoms with Crippen LogP contribution >= 0.6 is 27.5 Å². The Labute approximate surface area is 112 Å². The van der Waals surface area contributed by atoms with Crippen molar-refractivity contribution < 1.29 is 14.3 Å². The standard InChI is InChI=1S/C11H11BrClNO3/c1-6(12)11(15)14-8-5-10-9(4-7(8)13)16-2-3-17-10/h4-6H,2-3H2,1H3,(H,14,15). The molecular weight excluding hydrogens is 309 g/mol. The average Bonchev–Trinajstić information content (AvgIpc) is 2.29. The molecule has 0 bridgehead atoms. The van der Waals surface area contributed by atoms with E-state index in [1.54, 1.807) is 19.1 Å².